The lowest BCUT2D eigenvalue weighted by molar-refractivity contribution is 0.0699. The Balaban J connectivity index is 1.60. The summed E-state index contributed by atoms with van der Waals surface area (Å²) >= 11 is 0. The number of hydrogen-bond donors (Lipinski definition) is 1. The van der Waals surface area contributed by atoms with Crippen LogP contribution in [0.1, 0.15) is 24.4 Å². The van der Waals surface area contributed by atoms with E-state index in [9.17, 15) is 8.78 Å². The molecule has 3 aromatic heterocycles. The number of ether oxygens (including phenoxy) is 1. The third kappa shape index (κ3) is 4.55. The Labute approximate surface area is 194 Å². The van der Waals surface area contributed by atoms with Gasteiger partial charge in [0, 0.05) is 43.3 Å². The molecule has 0 radical (unpaired) electrons. The van der Waals surface area contributed by atoms with E-state index in [-0.39, 0.29) is 17.3 Å². The molecule has 1 aliphatic rings. The molecule has 1 aromatic carbocycles. The van der Waals surface area contributed by atoms with Gasteiger partial charge >= 0.3 is 0 Å². The molecule has 7 nitrogen and oxygen atoms in total. The fraction of sp³-hybridized carbons (Fsp3) is 0.200. The van der Waals surface area contributed by atoms with Crippen LogP contribution >= 0.6 is 0 Å². The second kappa shape index (κ2) is 9.48. The molecule has 1 fully saturated rings. The fourth-order valence-corrected chi connectivity index (χ4v) is 4.03. The molecular formula is C25H22F2N6O. The summed E-state index contributed by atoms with van der Waals surface area (Å²) in [6, 6.07) is 12.8. The van der Waals surface area contributed by atoms with Gasteiger partial charge in [0.2, 0.25) is 5.95 Å². The normalized spacial score (nSPS) is 14.6. The zero-order valence-electron chi connectivity index (χ0n) is 18.2. The van der Waals surface area contributed by atoms with Crippen molar-refractivity contribution in [1.29, 1.82) is 5.41 Å². The Morgan fingerprint density at radius 1 is 1.00 bits per heavy atom. The first-order chi connectivity index (χ1) is 16.6. The number of rotatable bonds is 5. The summed E-state index contributed by atoms with van der Waals surface area (Å²) in [5.41, 5.74) is 3.62. The van der Waals surface area contributed by atoms with Crippen LogP contribution in [0.4, 0.5) is 8.78 Å². The molecule has 0 amide bonds. The van der Waals surface area contributed by atoms with Gasteiger partial charge in [-0.3, -0.25) is 5.41 Å². The highest BCUT2D eigenvalue weighted by Gasteiger charge is 2.23. The molecule has 34 heavy (non-hydrogen) atoms. The van der Waals surface area contributed by atoms with E-state index in [1.54, 1.807) is 48.9 Å². The molecule has 0 atom stereocenters. The van der Waals surface area contributed by atoms with Crippen molar-refractivity contribution in [3.63, 3.8) is 0 Å². The molecule has 4 aromatic rings. The maximum absolute atomic E-state index is 13.6. The molecule has 4 heterocycles. The molecule has 1 N–H and O–H groups in total. The molecule has 9 heteroatoms. The van der Waals surface area contributed by atoms with Crippen molar-refractivity contribution in [1.82, 2.24) is 24.3 Å². The van der Waals surface area contributed by atoms with Crippen LogP contribution in [0.15, 0.2) is 61.1 Å². The van der Waals surface area contributed by atoms with Gasteiger partial charge in [-0.2, -0.15) is 9.49 Å². The molecule has 0 bridgehead atoms. The third-order valence-electron chi connectivity index (χ3n) is 5.76. The minimum atomic E-state index is -0.579. The van der Waals surface area contributed by atoms with Crippen molar-refractivity contribution in [2.75, 3.05) is 13.2 Å². The highest BCUT2D eigenvalue weighted by Crippen LogP contribution is 2.34. The third-order valence-corrected chi connectivity index (χ3v) is 5.76. The van der Waals surface area contributed by atoms with Crippen LogP contribution in [0, 0.1) is 17.2 Å². The van der Waals surface area contributed by atoms with Crippen LogP contribution in [0.2, 0.25) is 0 Å². The SMILES string of the molecule is N=c1ccc(-c2c(-c3ccc(F)cc3)ncn2C2CCOCC2)nn1/C=C/c1ccnc(F)c1. The Morgan fingerprint density at radius 3 is 2.56 bits per heavy atom. The lowest BCUT2D eigenvalue weighted by Crippen LogP contribution is -2.21. The minimum Gasteiger partial charge on any atom is -0.381 e. The van der Waals surface area contributed by atoms with Crippen molar-refractivity contribution < 1.29 is 13.5 Å². The van der Waals surface area contributed by atoms with E-state index in [2.05, 4.69) is 19.6 Å². The number of halogens is 2. The van der Waals surface area contributed by atoms with E-state index in [0.717, 1.165) is 24.1 Å². The molecular weight excluding hydrogens is 438 g/mol. The summed E-state index contributed by atoms with van der Waals surface area (Å²) in [5.74, 6) is -0.898. The molecule has 0 spiro atoms. The monoisotopic (exact) mass is 460 g/mol. The van der Waals surface area contributed by atoms with Gasteiger partial charge in [-0.25, -0.2) is 19.0 Å². The van der Waals surface area contributed by atoms with Crippen LogP contribution < -0.4 is 5.49 Å². The lowest BCUT2D eigenvalue weighted by Gasteiger charge is -2.25. The first kappa shape index (κ1) is 21.8. The number of benzene rings is 1. The quantitative estimate of drug-likeness (QED) is 0.443. The van der Waals surface area contributed by atoms with Crippen molar-refractivity contribution in [3.8, 4) is 22.6 Å². The highest BCUT2D eigenvalue weighted by molar-refractivity contribution is 5.77. The van der Waals surface area contributed by atoms with E-state index in [1.165, 1.54) is 29.1 Å². The molecule has 172 valence electrons. The molecule has 1 saturated heterocycles. The molecule has 0 saturated carbocycles. The Hall–Kier alpha value is -3.98. The Bertz CT molecular complexity index is 1390. The fourth-order valence-electron chi connectivity index (χ4n) is 4.03. The second-order valence-electron chi connectivity index (χ2n) is 7.98. The van der Waals surface area contributed by atoms with Crippen LogP contribution in [-0.2, 0) is 4.74 Å². The van der Waals surface area contributed by atoms with Gasteiger partial charge in [0.1, 0.15) is 17.0 Å². The standard InChI is InChI=1S/C25H22F2N6O/c26-19-3-1-18(2-4-19)24-25(32(16-30-24)20-9-13-34-14-10-20)21-5-6-23(28)33(31-21)12-8-17-7-11-29-22(27)15-17/h1-8,11-12,15-16,20,28H,9-10,13-14H2/b12-8+,28-23?. The van der Waals surface area contributed by atoms with Crippen LogP contribution in [0.5, 0.6) is 0 Å². The number of pyridine rings is 1. The summed E-state index contributed by atoms with van der Waals surface area (Å²) in [6.45, 7) is 1.33. The maximum Gasteiger partial charge on any atom is 0.213 e. The predicted octanol–water partition coefficient (Wildman–Crippen LogP) is 4.55. The smallest absolute Gasteiger partial charge is 0.213 e. The van der Waals surface area contributed by atoms with E-state index >= 15 is 0 Å². The van der Waals surface area contributed by atoms with E-state index < -0.39 is 5.95 Å². The first-order valence-electron chi connectivity index (χ1n) is 10.9. The zero-order valence-corrected chi connectivity index (χ0v) is 18.2. The summed E-state index contributed by atoms with van der Waals surface area (Å²) in [7, 11) is 0. The maximum atomic E-state index is 13.6. The largest absolute Gasteiger partial charge is 0.381 e. The zero-order chi connectivity index (χ0) is 23.5. The Kier molecular flexibility index (Phi) is 6.09. The molecule has 5 rings (SSSR count). The van der Waals surface area contributed by atoms with Crippen LogP contribution in [0.3, 0.4) is 0 Å². The number of aromatic nitrogens is 5. The topological polar surface area (TPSA) is 81.6 Å². The van der Waals surface area contributed by atoms with Crippen molar-refractivity contribution in [2.45, 2.75) is 18.9 Å². The Morgan fingerprint density at radius 2 is 1.79 bits per heavy atom. The number of nitrogens with one attached hydrogen (secondary N) is 1. The van der Waals surface area contributed by atoms with Gasteiger partial charge in [0.25, 0.3) is 0 Å². The van der Waals surface area contributed by atoms with Gasteiger partial charge < -0.3 is 9.30 Å². The average Bonchev–Trinajstić information content (AvgIpc) is 3.30. The van der Waals surface area contributed by atoms with Crippen molar-refractivity contribution in [2.24, 2.45) is 0 Å². The number of hydrogen-bond acceptors (Lipinski definition) is 5. The van der Waals surface area contributed by atoms with Crippen molar-refractivity contribution >= 4 is 12.3 Å². The summed E-state index contributed by atoms with van der Waals surface area (Å²) in [5, 5.41) is 13.0. The van der Waals surface area contributed by atoms with Gasteiger partial charge in [-0.1, -0.05) is 0 Å². The van der Waals surface area contributed by atoms with Gasteiger partial charge in [0.05, 0.1) is 17.7 Å². The second-order valence-corrected chi connectivity index (χ2v) is 7.98. The molecule has 0 unspecified atom stereocenters. The van der Waals surface area contributed by atoms with Crippen molar-refractivity contribution in [3.05, 3.63) is 83.9 Å². The van der Waals surface area contributed by atoms with Gasteiger partial charge in [0.15, 0.2) is 0 Å². The summed E-state index contributed by atoms with van der Waals surface area (Å²) < 4.78 is 36.0. The minimum absolute atomic E-state index is 0.162. The van der Waals surface area contributed by atoms with Crippen LogP contribution in [-0.4, -0.2) is 37.5 Å². The lowest BCUT2D eigenvalue weighted by atomic mass is 10.1. The average molecular weight is 460 g/mol. The van der Waals surface area contributed by atoms with Gasteiger partial charge in [-0.05, 0) is 66.9 Å². The van der Waals surface area contributed by atoms with E-state index in [0.29, 0.717) is 30.2 Å². The number of nitrogens with zero attached hydrogens (tertiary/aromatic N) is 5. The molecule has 0 aliphatic carbocycles. The number of imidazole rings is 1. The predicted molar refractivity (Wildman–Crippen MR) is 123 cm³/mol. The summed E-state index contributed by atoms with van der Waals surface area (Å²) in [4.78, 5) is 8.22. The van der Waals surface area contributed by atoms with Crippen LogP contribution in [0.25, 0.3) is 34.9 Å². The van der Waals surface area contributed by atoms with E-state index in [4.69, 9.17) is 10.1 Å². The first-order valence-corrected chi connectivity index (χ1v) is 10.9. The summed E-state index contributed by atoms with van der Waals surface area (Å²) in [6.07, 6.45) is 8.13. The van der Waals surface area contributed by atoms with E-state index in [1.807, 2.05) is 0 Å². The molecule has 1 aliphatic heterocycles. The highest BCUT2D eigenvalue weighted by atomic mass is 19.1. The van der Waals surface area contributed by atoms with Gasteiger partial charge in [-0.15, -0.1) is 0 Å².